The van der Waals surface area contributed by atoms with Crippen molar-refractivity contribution in [1.29, 1.82) is 0 Å². The molecule has 0 aromatic heterocycles. The van der Waals surface area contributed by atoms with Gasteiger partial charge < -0.3 is 34.1 Å². The number of rotatable bonds is 18. The predicted molar refractivity (Wildman–Crippen MR) is 202 cm³/mol. The number of anilines is 3. The second-order valence-electron chi connectivity index (χ2n) is 12.7. The van der Waals surface area contributed by atoms with E-state index in [0.717, 1.165) is 60.7 Å². The first kappa shape index (κ1) is 36.5. The lowest BCUT2D eigenvalue weighted by Crippen LogP contribution is -2.39. The van der Waals surface area contributed by atoms with Crippen molar-refractivity contribution in [3.63, 3.8) is 0 Å². The van der Waals surface area contributed by atoms with Crippen molar-refractivity contribution < 1.29 is 23.7 Å². The van der Waals surface area contributed by atoms with Crippen LogP contribution in [0.4, 0.5) is 17.1 Å². The Balaban J connectivity index is 1.34. The number of fused-ring (bicyclic) bond motifs is 4. The van der Waals surface area contributed by atoms with Gasteiger partial charge in [0, 0.05) is 54.3 Å². The monoisotopic (exact) mass is 713 g/mol. The fourth-order valence-electron chi connectivity index (χ4n) is 6.31. The maximum Gasteiger partial charge on any atom is 0.260 e. The van der Waals surface area contributed by atoms with Crippen LogP contribution in [0, 0.1) is 0 Å². The molecule has 2 aliphatic heterocycles. The molecular weight excluding hydrogens is 666 g/mol. The summed E-state index contributed by atoms with van der Waals surface area (Å²) in [5.41, 5.74) is 6.59. The minimum atomic E-state index is -0.0330. The largest absolute Gasteiger partial charge is 0.493 e. The summed E-state index contributed by atoms with van der Waals surface area (Å²) in [6.07, 6.45) is 3.94. The second-order valence-corrected chi connectivity index (χ2v) is 16.0. The van der Waals surface area contributed by atoms with Gasteiger partial charge in [-0.1, -0.05) is 52.8 Å². The van der Waals surface area contributed by atoms with Crippen molar-refractivity contribution in [1.82, 2.24) is 0 Å². The first-order valence-corrected chi connectivity index (χ1v) is 19.7. The number of nitrogens with one attached hydrogen (secondary N) is 1. The molecule has 0 bridgehead atoms. The Kier molecular flexibility index (Phi) is 13.1. The normalized spacial score (nSPS) is 15.3. The van der Waals surface area contributed by atoms with Gasteiger partial charge in [-0.3, -0.25) is 4.79 Å². The molecule has 2 heterocycles. The Hall–Kier alpha value is -2.76. The van der Waals surface area contributed by atoms with Crippen molar-refractivity contribution in [2.75, 3.05) is 74.5 Å². The van der Waals surface area contributed by atoms with Crippen molar-refractivity contribution in [3.05, 3.63) is 76.9 Å². The topological polar surface area (TPSA) is 72.5 Å². The molecule has 8 nitrogen and oxygen atoms in total. The highest BCUT2D eigenvalue weighted by atomic mass is 35.5. The molecule has 48 heavy (non-hydrogen) atoms. The van der Waals surface area contributed by atoms with E-state index in [-0.39, 0.29) is 16.7 Å². The van der Waals surface area contributed by atoms with Crippen molar-refractivity contribution in [2.24, 2.45) is 0 Å². The summed E-state index contributed by atoms with van der Waals surface area (Å²) < 4.78 is 23.7. The molecule has 11 heteroatoms. The summed E-state index contributed by atoms with van der Waals surface area (Å²) in [6.45, 7) is 11.7. The van der Waals surface area contributed by atoms with Crippen molar-refractivity contribution >= 4 is 56.2 Å². The third-order valence-corrected chi connectivity index (χ3v) is 11.3. The first-order chi connectivity index (χ1) is 23.3. The lowest BCUT2D eigenvalue weighted by Gasteiger charge is -2.34. The van der Waals surface area contributed by atoms with Gasteiger partial charge in [-0.2, -0.15) is 0 Å². The summed E-state index contributed by atoms with van der Waals surface area (Å²) in [7, 11) is 5.25. The van der Waals surface area contributed by atoms with Crippen LogP contribution in [0.5, 0.6) is 11.5 Å². The number of amides is 1. The molecular formula is C37H48ClN3O5S2. The number of carbonyl (C=O) groups excluding carboxylic acids is 1. The molecule has 1 amide bonds. The Morgan fingerprint density at radius 2 is 1.79 bits per heavy atom. The van der Waals surface area contributed by atoms with E-state index in [4.69, 9.17) is 30.5 Å². The molecule has 0 aliphatic carbocycles. The van der Waals surface area contributed by atoms with Gasteiger partial charge in [0.1, 0.15) is 6.61 Å². The highest BCUT2D eigenvalue weighted by molar-refractivity contribution is 8.77. The number of ether oxygens (including phenoxy) is 4. The Morgan fingerprint density at radius 3 is 2.54 bits per heavy atom. The van der Waals surface area contributed by atoms with Crippen LogP contribution >= 0.6 is 33.2 Å². The number of hydrogen-bond donors (Lipinski definition) is 1. The van der Waals surface area contributed by atoms with Gasteiger partial charge >= 0.3 is 0 Å². The molecule has 3 aromatic rings. The molecule has 5 rings (SSSR count). The van der Waals surface area contributed by atoms with Gasteiger partial charge in [-0.15, -0.1) is 11.6 Å². The van der Waals surface area contributed by atoms with E-state index in [1.165, 1.54) is 5.56 Å². The zero-order valence-corrected chi connectivity index (χ0v) is 31.1. The molecule has 0 spiro atoms. The molecule has 0 saturated carbocycles. The zero-order valence-electron chi connectivity index (χ0n) is 28.7. The number of methoxy groups -OCH3 is 1. The molecule has 1 N–H and O–H groups in total. The summed E-state index contributed by atoms with van der Waals surface area (Å²) >= 11 is 6.42. The van der Waals surface area contributed by atoms with E-state index in [1.54, 1.807) is 24.0 Å². The summed E-state index contributed by atoms with van der Waals surface area (Å²) in [6, 6.07) is 18.3. The molecule has 1 atom stereocenters. The molecule has 3 aromatic carbocycles. The molecule has 0 fully saturated rings. The number of carbonyl (C=O) groups is 1. The van der Waals surface area contributed by atoms with Crippen LogP contribution in [0.15, 0.2) is 54.6 Å². The number of halogens is 1. The first-order valence-electron chi connectivity index (χ1n) is 16.6. The average Bonchev–Trinajstić information content (AvgIpc) is 3.40. The van der Waals surface area contributed by atoms with Gasteiger partial charge in [0.25, 0.3) is 5.91 Å². The highest BCUT2D eigenvalue weighted by Gasteiger charge is 2.37. The second kappa shape index (κ2) is 17.3. The van der Waals surface area contributed by atoms with Gasteiger partial charge in [0.15, 0.2) is 11.5 Å². The van der Waals surface area contributed by atoms with E-state index >= 15 is 0 Å². The standard InChI is InChI=1S/C37H48ClN3O5S2/c1-6-12-44-14-15-45-13-11-40(25-37(2,3)48-47-5)29-17-26(22-38)16-27(18-29)24-46-35-21-32-31(20-34(35)43-4)36(42)41-30(23-39-32)19-28-9-7-8-10-33(28)41/h7-10,16-18,20-21,30,39H,6,11-15,19,22-25H2,1-5H3/t30-/m0/s1. The summed E-state index contributed by atoms with van der Waals surface area (Å²) in [5.74, 6) is 1.44. The van der Waals surface area contributed by atoms with Gasteiger partial charge in [0.05, 0.1) is 44.2 Å². The van der Waals surface area contributed by atoms with E-state index in [9.17, 15) is 4.79 Å². The van der Waals surface area contributed by atoms with Gasteiger partial charge in [0.2, 0.25) is 0 Å². The van der Waals surface area contributed by atoms with Crippen LogP contribution in [-0.4, -0.2) is 76.1 Å². The lowest BCUT2D eigenvalue weighted by molar-refractivity contribution is 0.0505. The number of alkyl halides is 1. The molecule has 260 valence electrons. The van der Waals surface area contributed by atoms with E-state index < -0.39 is 0 Å². The fraction of sp³-hybridized carbons (Fsp3) is 0.486. The van der Waals surface area contributed by atoms with E-state index in [0.29, 0.717) is 55.9 Å². The van der Waals surface area contributed by atoms with Crippen LogP contribution in [0.25, 0.3) is 0 Å². The Labute approximate surface area is 298 Å². The zero-order chi connectivity index (χ0) is 34.1. The number of hydrogen-bond acceptors (Lipinski definition) is 9. The lowest BCUT2D eigenvalue weighted by atomic mass is 10.1. The Bertz CT molecular complexity index is 1540. The highest BCUT2D eigenvalue weighted by Crippen LogP contribution is 2.41. The average molecular weight is 714 g/mol. The molecule has 0 unspecified atom stereocenters. The van der Waals surface area contributed by atoms with Gasteiger partial charge in [-0.25, -0.2) is 0 Å². The Morgan fingerprint density at radius 1 is 1.02 bits per heavy atom. The third kappa shape index (κ3) is 9.07. The summed E-state index contributed by atoms with van der Waals surface area (Å²) in [4.78, 5) is 18.2. The maximum absolute atomic E-state index is 13.9. The minimum Gasteiger partial charge on any atom is -0.493 e. The third-order valence-electron chi connectivity index (χ3n) is 8.41. The SMILES string of the molecule is CCCOCCOCCN(CC(C)(C)SSC)c1cc(CCl)cc(COc2cc3c(cc2OC)C(=O)N2c4ccccc4C[C@H]2CN3)c1. The van der Waals surface area contributed by atoms with E-state index in [1.807, 2.05) is 40.0 Å². The summed E-state index contributed by atoms with van der Waals surface area (Å²) in [5, 5.41) is 3.52. The molecule has 2 aliphatic rings. The molecule has 0 radical (unpaired) electrons. The number of para-hydroxylation sites is 1. The molecule has 0 saturated heterocycles. The van der Waals surface area contributed by atoms with Crippen molar-refractivity contribution in [3.8, 4) is 11.5 Å². The smallest absolute Gasteiger partial charge is 0.260 e. The predicted octanol–water partition coefficient (Wildman–Crippen LogP) is 8.05. The minimum absolute atomic E-state index is 0.00801. The van der Waals surface area contributed by atoms with Crippen molar-refractivity contribution in [2.45, 2.75) is 56.9 Å². The van der Waals surface area contributed by atoms with Gasteiger partial charge in [-0.05, 0) is 73.9 Å². The van der Waals surface area contributed by atoms with Crippen LogP contribution in [0.3, 0.4) is 0 Å². The van der Waals surface area contributed by atoms with Crippen LogP contribution in [0.1, 0.15) is 54.2 Å². The van der Waals surface area contributed by atoms with E-state index in [2.05, 4.69) is 61.5 Å². The quantitative estimate of drug-likeness (QED) is 0.0801. The van der Waals surface area contributed by atoms with Crippen LogP contribution < -0.4 is 24.6 Å². The number of benzene rings is 3. The fourth-order valence-corrected chi connectivity index (χ4v) is 8.64. The maximum atomic E-state index is 13.9. The van der Waals surface area contributed by atoms with Crippen LogP contribution in [0.2, 0.25) is 0 Å². The number of nitrogens with zero attached hydrogens (tertiary/aromatic N) is 2. The van der Waals surface area contributed by atoms with Crippen LogP contribution in [-0.2, 0) is 28.4 Å².